The van der Waals surface area contributed by atoms with Gasteiger partial charge >= 0.3 is 0 Å². The summed E-state index contributed by atoms with van der Waals surface area (Å²) in [6.45, 7) is 0. The Hall–Kier alpha value is -3.10. The molecule has 2 N–H and O–H groups in total. The molecular formula is C12H11N5O4. The molecule has 0 fully saturated rings. The van der Waals surface area contributed by atoms with E-state index in [4.69, 9.17) is 13.9 Å². The highest BCUT2D eigenvalue weighted by molar-refractivity contribution is 6.07. The minimum absolute atomic E-state index is 0.0251. The van der Waals surface area contributed by atoms with Crippen molar-refractivity contribution in [3.05, 3.63) is 24.0 Å². The lowest BCUT2D eigenvalue weighted by atomic mass is 10.2. The van der Waals surface area contributed by atoms with E-state index in [2.05, 4.69) is 25.9 Å². The molecule has 9 nitrogen and oxygen atoms in total. The van der Waals surface area contributed by atoms with Crippen LogP contribution in [0.3, 0.4) is 0 Å². The van der Waals surface area contributed by atoms with Crippen molar-refractivity contribution in [3.8, 4) is 11.5 Å². The van der Waals surface area contributed by atoms with Crippen LogP contribution >= 0.6 is 0 Å². The van der Waals surface area contributed by atoms with Crippen LogP contribution < -0.4 is 14.8 Å². The van der Waals surface area contributed by atoms with Gasteiger partial charge in [0.1, 0.15) is 11.3 Å². The fourth-order valence-electron chi connectivity index (χ4n) is 1.91. The lowest BCUT2D eigenvalue weighted by Gasteiger charge is -2.01. The predicted octanol–water partition coefficient (Wildman–Crippen LogP) is 1.22. The van der Waals surface area contributed by atoms with Gasteiger partial charge in [-0.15, -0.1) is 0 Å². The van der Waals surface area contributed by atoms with E-state index in [1.54, 1.807) is 25.3 Å². The quantitative estimate of drug-likeness (QED) is 0.741. The Balaban J connectivity index is 2.03. The molecule has 0 aliphatic heterocycles. The van der Waals surface area contributed by atoms with Crippen molar-refractivity contribution in [1.82, 2.24) is 20.6 Å². The molecule has 0 spiro atoms. The Bertz CT molecular complexity index is 780. The van der Waals surface area contributed by atoms with Crippen LogP contribution in [0.25, 0.3) is 11.0 Å². The van der Waals surface area contributed by atoms with E-state index >= 15 is 0 Å². The molecule has 0 aliphatic rings. The van der Waals surface area contributed by atoms with Crippen LogP contribution in [0.4, 0.5) is 5.95 Å². The number of ether oxygens (including phenoxy) is 2. The maximum Gasteiger partial charge on any atom is 0.297 e. The number of H-pyrrole nitrogens is 1. The first-order valence-corrected chi connectivity index (χ1v) is 5.92. The SMILES string of the molecule is COc1ccc2oc(C(=O)Nc3nnn[nH]3)c(OC)c2c1. The molecule has 1 amide bonds. The summed E-state index contributed by atoms with van der Waals surface area (Å²) < 4.78 is 15.9. The number of furan rings is 1. The molecule has 2 heterocycles. The standard InChI is InChI=1S/C12H11N5O4/c1-19-6-3-4-8-7(5-6)9(20-2)10(21-8)11(18)13-12-14-16-17-15-12/h3-5H,1-2H3,(H2,13,14,15,16,17,18). The number of rotatable bonds is 4. The molecule has 1 aromatic carbocycles. The summed E-state index contributed by atoms with van der Waals surface area (Å²) in [6.07, 6.45) is 0. The highest BCUT2D eigenvalue weighted by Crippen LogP contribution is 2.35. The molecule has 108 valence electrons. The van der Waals surface area contributed by atoms with Gasteiger partial charge in [0.25, 0.3) is 5.91 Å². The second-order valence-corrected chi connectivity index (χ2v) is 4.03. The smallest absolute Gasteiger partial charge is 0.297 e. The van der Waals surface area contributed by atoms with E-state index < -0.39 is 5.91 Å². The fourth-order valence-corrected chi connectivity index (χ4v) is 1.91. The van der Waals surface area contributed by atoms with Crippen molar-refractivity contribution in [2.75, 3.05) is 19.5 Å². The van der Waals surface area contributed by atoms with E-state index in [0.717, 1.165) is 0 Å². The maximum atomic E-state index is 12.2. The van der Waals surface area contributed by atoms with E-state index in [9.17, 15) is 4.79 Å². The van der Waals surface area contributed by atoms with Gasteiger partial charge in [0.2, 0.25) is 11.7 Å². The van der Waals surface area contributed by atoms with Crippen molar-refractivity contribution >= 4 is 22.8 Å². The highest BCUT2D eigenvalue weighted by Gasteiger charge is 2.22. The lowest BCUT2D eigenvalue weighted by Crippen LogP contribution is -2.13. The first-order valence-electron chi connectivity index (χ1n) is 5.92. The first-order chi connectivity index (χ1) is 10.2. The summed E-state index contributed by atoms with van der Waals surface area (Å²) in [5.74, 6) is 0.555. The summed E-state index contributed by atoms with van der Waals surface area (Å²) in [4.78, 5) is 12.2. The van der Waals surface area contributed by atoms with Crippen LogP contribution in [0.2, 0.25) is 0 Å². The molecular weight excluding hydrogens is 278 g/mol. The van der Waals surface area contributed by atoms with E-state index in [1.165, 1.54) is 7.11 Å². The Kier molecular flexibility index (Phi) is 3.14. The molecule has 0 saturated carbocycles. The molecule has 21 heavy (non-hydrogen) atoms. The van der Waals surface area contributed by atoms with Crippen molar-refractivity contribution in [2.45, 2.75) is 0 Å². The molecule has 9 heteroatoms. The Labute approximate surface area is 118 Å². The number of hydrogen-bond acceptors (Lipinski definition) is 7. The lowest BCUT2D eigenvalue weighted by molar-refractivity contribution is 0.0994. The number of carbonyl (C=O) groups excluding carboxylic acids is 1. The molecule has 0 aliphatic carbocycles. The number of methoxy groups -OCH3 is 2. The van der Waals surface area contributed by atoms with Crippen molar-refractivity contribution < 1.29 is 18.7 Å². The number of nitrogens with one attached hydrogen (secondary N) is 2. The van der Waals surface area contributed by atoms with E-state index in [0.29, 0.717) is 22.5 Å². The molecule has 0 atom stereocenters. The summed E-state index contributed by atoms with van der Waals surface area (Å²) in [5.41, 5.74) is 0.508. The number of aromatic amines is 1. The summed E-state index contributed by atoms with van der Waals surface area (Å²) in [5, 5.41) is 15.8. The first kappa shape index (κ1) is 12.9. The summed E-state index contributed by atoms with van der Waals surface area (Å²) >= 11 is 0. The molecule has 0 radical (unpaired) electrons. The molecule has 0 bridgehead atoms. The molecule has 0 unspecified atom stereocenters. The zero-order valence-electron chi connectivity index (χ0n) is 11.2. The van der Waals surface area contributed by atoms with E-state index in [-0.39, 0.29) is 11.7 Å². The molecule has 3 rings (SSSR count). The third-order valence-electron chi connectivity index (χ3n) is 2.84. The van der Waals surface area contributed by atoms with Gasteiger partial charge in [-0.1, -0.05) is 5.10 Å². The third-order valence-corrected chi connectivity index (χ3v) is 2.84. The average molecular weight is 289 g/mol. The molecule has 0 saturated heterocycles. The zero-order valence-corrected chi connectivity index (χ0v) is 11.2. The Morgan fingerprint density at radius 2 is 2.19 bits per heavy atom. The number of benzene rings is 1. The van der Waals surface area contributed by atoms with Gasteiger partial charge in [-0.3, -0.25) is 10.1 Å². The Morgan fingerprint density at radius 3 is 2.86 bits per heavy atom. The van der Waals surface area contributed by atoms with Gasteiger partial charge in [0.15, 0.2) is 5.75 Å². The second-order valence-electron chi connectivity index (χ2n) is 4.03. The number of fused-ring (bicyclic) bond motifs is 1. The average Bonchev–Trinajstić information content (AvgIpc) is 3.12. The number of aromatic nitrogens is 4. The van der Waals surface area contributed by atoms with Crippen molar-refractivity contribution in [3.63, 3.8) is 0 Å². The number of anilines is 1. The van der Waals surface area contributed by atoms with Crippen LogP contribution in [0.15, 0.2) is 22.6 Å². The number of hydrogen-bond donors (Lipinski definition) is 2. The van der Waals surface area contributed by atoms with Gasteiger partial charge in [-0.05, 0) is 28.6 Å². The van der Waals surface area contributed by atoms with Gasteiger partial charge < -0.3 is 13.9 Å². The highest BCUT2D eigenvalue weighted by atomic mass is 16.5. The second kappa shape index (κ2) is 5.12. The van der Waals surface area contributed by atoms with Gasteiger partial charge in [-0.2, -0.15) is 0 Å². The van der Waals surface area contributed by atoms with Crippen LogP contribution in [-0.4, -0.2) is 40.8 Å². The van der Waals surface area contributed by atoms with Gasteiger partial charge in [0, 0.05) is 0 Å². The third kappa shape index (κ3) is 2.24. The van der Waals surface area contributed by atoms with Crippen LogP contribution in [0, 0.1) is 0 Å². The topological polar surface area (TPSA) is 115 Å². The Morgan fingerprint density at radius 1 is 1.33 bits per heavy atom. The van der Waals surface area contributed by atoms with Gasteiger partial charge in [-0.25, -0.2) is 5.10 Å². The maximum absolute atomic E-state index is 12.2. The summed E-state index contributed by atoms with van der Waals surface area (Å²) in [6, 6.07) is 5.15. The number of amides is 1. The van der Waals surface area contributed by atoms with Gasteiger partial charge in [0.05, 0.1) is 19.6 Å². The van der Waals surface area contributed by atoms with Crippen molar-refractivity contribution in [1.29, 1.82) is 0 Å². The van der Waals surface area contributed by atoms with Crippen molar-refractivity contribution in [2.24, 2.45) is 0 Å². The van der Waals surface area contributed by atoms with E-state index in [1.807, 2.05) is 0 Å². The van der Waals surface area contributed by atoms with Crippen LogP contribution in [0.1, 0.15) is 10.6 Å². The molecule has 3 aromatic rings. The normalized spacial score (nSPS) is 10.6. The minimum atomic E-state index is -0.527. The van der Waals surface area contributed by atoms with Crippen LogP contribution in [-0.2, 0) is 0 Å². The summed E-state index contributed by atoms with van der Waals surface area (Å²) in [7, 11) is 3.01. The molecule has 2 aromatic heterocycles. The minimum Gasteiger partial charge on any atom is -0.497 e. The monoisotopic (exact) mass is 289 g/mol. The number of carbonyl (C=O) groups is 1. The largest absolute Gasteiger partial charge is 0.497 e. The fraction of sp³-hybridized carbons (Fsp3) is 0.167. The predicted molar refractivity (Wildman–Crippen MR) is 71.4 cm³/mol. The number of tetrazole rings is 1. The zero-order chi connectivity index (χ0) is 14.8. The number of nitrogens with zero attached hydrogens (tertiary/aromatic N) is 3. The van der Waals surface area contributed by atoms with Crippen LogP contribution in [0.5, 0.6) is 11.5 Å².